The molecule has 3 nitrogen and oxygen atoms in total. The van der Waals surface area contributed by atoms with Crippen molar-refractivity contribution >= 4 is 22.7 Å². The molecule has 3 aromatic carbocycles. The number of rotatable bonds is 5. The molecule has 0 heterocycles. The minimum atomic E-state index is 0.116. The van der Waals surface area contributed by atoms with Gasteiger partial charge in [-0.1, -0.05) is 48.5 Å². The van der Waals surface area contributed by atoms with Crippen LogP contribution in [0, 0.1) is 0 Å². The number of para-hydroxylation sites is 1. The van der Waals surface area contributed by atoms with Crippen molar-refractivity contribution in [3.05, 3.63) is 72.3 Å². The Morgan fingerprint density at radius 1 is 0.913 bits per heavy atom. The lowest BCUT2D eigenvalue weighted by Gasteiger charge is -2.14. The van der Waals surface area contributed by atoms with E-state index in [0.717, 1.165) is 22.4 Å². The summed E-state index contributed by atoms with van der Waals surface area (Å²) in [6.45, 7) is 4.05. The van der Waals surface area contributed by atoms with Gasteiger partial charge in [-0.25, -0.2) is 0 Å². The molecule has 0 radical (unpaired) electrons. The van der Waals surface area contributed by atoms with E-state index in [2.05, 4.69) is 28.7 Å². The van der Waals surface area contributed by atoms with Crippen LogP contribution in [0.5, 0.6) is 5.75 Å². The zero-order chi connectivity index (χ0) is 16.1. The third kappa shape index (κ3) is 3.69. The number of nitrogens with one attached hydrogen (secondary N) is 1. The van der Waals surface area contributed by atoms with Crippen molar-refractivity contribution in [2.45, 2.75) is 20.0 Å². The Bertz CT molecular complexity index is 810. The van der Waals surface area contributed by atoms with Gasteiger partial charge < -0.3 is 4.74 Å². The third-order valence-electron chi connectivity index (χ3n) is 3.45. The van der Waals surface area contributed by atoms with Gasteiger partial charge in [-0.15, -0.1) is 0 Å². The summed E-state index contributed by atoms with van der Waals surface area (Å²) in [5.74, 6) is 0.845. The number of nitrogens with zero attached hydrogens (tertiary/aromatic N) is 1. The van der Waals surface area contributed by atoms with Crippen LogP contribution in [-0.4, -0.2) is 12.3 Å². The fourth-order valence-corrected chi connectivity index (χ4v) is 2.45. The zero-order valence-electron chi connectivity index (χ0n) is 13.4. The van der Waals surface area contributed by atoms with Crippen LogP contribution in [0.3, 0.4) is 0 Å². The van der Waals surface area contributed by atoms with Crippen LogP contribution in [0.4, 0.5) is 5.69 Å². The Labute approximate surface area is 136 Å². The number of fused-ring (bicyclic) bond motifs is 1. The maximum atomic E-state index is 5.94. The SMILES string of the molecule is CC(C)Oc1ccc2ccccc2c1/C=N\Nc1ccccc1. The van der Waals surface area contributed by atoms with Crippen molar-refractivity contribution in [2.75, 3.05) is 5.43 Å². The van der Waals surface area contributed by atoms with Gasteiger partial charge in [-0.05, 0) is 42.8 Å². The quantitative estimate of drug-likeness (QED) is 0.527. The molecule has 0 aliphatic carbocycles. The van der Waals surface area contributed by atoms with Crippen LogP contribution >= 0.6 is 0 Å². The van der Waals surface area contributed by atoms with Crippen LogP contribution in [0.25, 0.3) is 10.8 Å². The Morgan fingerprint density at radius 3 is 2.43 bits per heavy atom. The van der Waals surface area contributed by atoms with E-state index in [1.807, 2.05) is 68.6 Å². The first-order valence-corrected chi connectivity index (χ1v) is 7.76. The van der Waals surface area contributed by atoms with Crippen LogP contribution in [0.15, 0.2) is 71.8 Å². The Balaban J connectivity index is 1.96. The van der Waals surface area contributed by atoms with Crippen molar-refractivity contribution in [3.63, 3.8) is 0 Å². The lowest BCUT2D eigenvalue weighted by molar-refractivity contribution is 0.242. The first-order valence-electron chi connectivity index (χ1n) is 7.76. The molecule has 1 N–H and O–H groups in total. The van der Waals surface area contributed by atoms with Gasteiger partial charge in [0.05, 0.1) is 18.0 Å². The summed E-state index contributed by atoms with van der Waals surface area (Å²) < 4.78 is 5.94. The highest BCUT2D eigenvalue weighted by Gasteiger charge is 2.08. The third-order valence-corrected chi connectivity index (χ3v) is 3.45. The van der Waals surface area contributed by atoms with E-state index in [9.17, 15) is 0 Å². The van der Waals surface area contributed by atoms with E-state index in [1.54, 1.807) is 0 Å². The molecule has 0 unspecified atom stereocenters. The van der Waals surface area contributed by atoms with Crippen LogP contribution in [0.2, 0.25) is 0 Å². The molecule has 116 valence electrons. The second kappa shape index (κ2) is 6.97. The van der Waals surface area contributed by atoms with Gasteiger partial charge in [-0.3, -0.25) is 5.43 Å². The molecular formula is C20H20N2O. The van der Waals surface area contributed by atoms with Gasteiger partial charge >= 0.3 is 0 Å². The summed E-state index contributed by atoms with van der Waals surface area (Å²) in [4.78, 5) is 0. The molecule has 0 bridgehead atoms. The van der Waals surface area contributed by atoms with E-state index in [1.165, 1.54) is 5.39 Å². The summed E-state index contributed by atoms with van der Waals surface area (Å²) in [6.07, 6.45) is 1.94. The average molecular weight is 304 g/mol. The highest BCUT2D eigenvalue weighted by Crippen LogP contribution is 2.27. The van der Waals surface area contributed by atoms with Crippen molar-refractivity contribution in [3.8, 4) is 5.75 Å². The number of benzene rings is 3. The molecule has 3 rings (SSSR count). The first kappa shape index (κ1) is 15.1. The van der Waals surface area contributed by atoms with E-state index in [-0.39, 0.29) is 6.10 Å². The highest BCUT2D eigenvalue weighted by molar-refractivity contribution is 6.02. The zero-order valence-corrected chi connectivity index (χ0v) is 13.4. The lowest BCUT2D eigenvalue weighted by Crippen LogP contribution is -2.08. The number of ether oxygens (including phenoxy) is 1. The monoisotopic (exact) mass is 304 g/mol. The van der Waals surface area contributed by atoms with E-state index >= 15 is 0 Å². The van der Waals surface area contributed by atoms with Crippen LogP contribution in [0.1, 0.15) is 19.4 Å². The number of hydrazone groups is 1. The molecule has 0 aliphatic rings. The predicted molar refractivity (Wildman–Crippen MR) is 97.4 cm³/mol. The summed E-state index contributed by atoms with van der Waals surface area (Å²) in [6, 6.07) is 22.2. The number of hydrogen-bond donors (Lipinski definition) is 1. The molecule has 0 saturated heterocycles. The second-order valence-corrected chi connectivity index (χ2v) is 5.60. The minimum Gasteiger partial charge on any atom is -0.490 e. The lowest BCUT2D eigenvalue weighted by atomic mass is 10.0. The topological polar surface area (TPSA) is 33.6 Å². The summed E-state index contributed by atoms with van der Waals surface area (Å²) in [5.41, 5.74) is 4.99. The molecular weight excluding hydrogens is 284 g/mol. The Kier molecular flexibility index (Phi) is 4.57. The predicted octanol–water partition coefficient (Wildman–Crippen LogP) is 5.07. The van der Waals surface area contributed by atoms with E-state index < -0.39 is 0 Å². The summed E-state index contributed by atoms with van der Waals surface area (Å²) in [5, 5.41) is 6.67. The van der Waals surface area contributed by atoms with Gasteiger partial charge in [0.15, 0.2) is 0 Å². The number of hydrogen-bond acceptors (Lipinski definition) is 3. The molecule has 0 amide bonds. The maximum Gasteiger partial charge on any atom is 0.129 e. The standard InChI is InChI=1S/C20H20N2O/c1-15(2)23-20-13-12-16-8-6-7-11-18(16)19(20)14-21-22-17-9-4-3-5-10-17/h3-15,22H,1-2H3/b21-14-. The van der Waals surface area contributed by atoms with Gasteiger partial charge in [0, 0.05) is 5.56 Å². The smallest absolute Gasteiger partial charge is 0.129 e. The van der Waals surface area contributed by atoms with Gasteiger partial charge in [0.2, 0.25) is 0 Å². The molecule has 0 spiro atoms. The van der Waals surface area contributed by atoms with E-state index in [0.29, 0.717) is 0 Å². The van der Waals surface area contributed by atoms with Crippen LogP contribution < -0.4 is 10.2 Å². The maximum absolute atomic E-state index is 5.94. The van der Waals surface area contributed by atoms with Gasteiger partial charge in [-0.2, -0.15) is 5.10 Å². The largest absolute Gasteiger partial charge is 0.490 e. The van der Waals surface area contributed by atoms with E-state index in [4.69, 9.17) is 4.74 Å². The van der Waals surface area contributed by atoms with Gasteiger partial charge in [0.1, 0.15) is 5.75 Å². The molecule has 3 aromatic rings. The fourth-order valence-electron chi connectivity index (χ4n) is 2.45. The van der Waals surface area contributed by atoms with Crippen molar-refractivity contribution in [1.82, 2.24) is 0 Å². The fraction of sp³-hybridized carbons (Fsp3) is 0.150. The Morgan fingerprint density at radius 2 is 1.65 bits per heavy atom. The normalized spacial score (nSPS) is 11.3. The second-order valence-electron chi connectivity index (χ2n) is 5.60. The molecule has 0 aliphatic heterocycles. The highest BCUT2D eigenvalue weighted by atomic mass is 16.5. The molecule has 0 saturated carbocycles. The summed E-state index contributed by atoms with van der Waals surface area (Å²) in [7, 11) is 0. The molecule has 3 heteroatoms. The van der Waals surface area contributed by atoms with Crippen molar-refractivity contribution in [1.29, 1.82) is 0 Å². The minimum absolute atomic E-state index is 0.116. The van der Waals surface area contributed by atoms with Crippen molar-refractivity contribution < 1.29 is 4.74 Å². The summed E-state index contributed by atoms with van der Waals surface area (Å²) >= 11 is 0. The molecule has 23 heavy (non-hydrogen) atoms. The number of anilines is 1. The average Bonchev–Trinajstić information content (AvgIpc) is 2.57. The first-order chi connectivity index (χ1) is 11.2. The van der Waals surface area contributed by atoms with Gasteiger partial charge in [0.25, 0.3) is 0 Å². The van der Waals surface area contributed by atoms with Crippen molar-refractivity contribution in [2.24, 2.45) is 5.10 Å². The Hall–Kier alpha value is -2.81. The van der Waals surface area contributed by atoms with Crippen LogP contribution in [-0.2, 0) is 0 Å². The molecule has 0 aromatic heterocycles. The molecule has 0 fully saturated rings. The molecule has 0 atom stereocenters.